The van der Waals surface area contributed by atoms with Gasteiger partial charge in [-0.05, 0) is 47.9 Å². The lowest BCUT2D eigenvalue weighted by Gasteiger charge is -2.24. The lowest BCUT2D eigenvalue weighted by atomic mass is 9.95. The summed E-state index contributed by atoms with van der Waals surface area (Å²) < 4.78 is 11.5. The summed E-state index contributed by atoms with van der Waals surface area (Å²) in [6.07, 6.45) is 1.03. The predicted octanol–water partition coefficient (Wildman–Crippen LogP) is 4.13. The van der Waals surface area contributed by atoms with Crippen LogP contribution in [0.25, 0.3) is 0 Å². The Labute approximate surface area is 181 Å². The number of carbonyl (C=O) groups excluding carboxylic acids is 2. The first-order valence-electron chi connectivity index (χ1n) is 10.2. The van der Waals surface area contributed by atoms with Crippen molar-refractivity contribution in [3.63, 3.8) is 0 Å². The van der Waals surface area contributed by atoms with E-state index in [1.54, 1.807) is 24.3 Å². The fourth-order valence-electron chi connectivity index (χ4n) is 3.25. The van der Waals surface area contributed by atoms with Crippen LogP contribution in [0.4, 0.5) is 0 Å². The van der Waals surface area contributed by atoms with Gasteiger partial charge in [-0.3, -0.25) is 9.59 Å². The van der Waals surface area contributed by atoms with Crippen molar-refractivity contribution in [1.29, 1.82) is 0 Å². The quantitative estimate of drug-likeness (QED) is 0.692. The third-order valence-electron chi connectivity index (χ3n) is 4.86. The highest BCUT2D eigenvalue weighted by atomic mass is 35.5. The first-order chi connectivity index (χ1) is 14.4. The van der Waals surface area contributed by atoms with Crippen molar-refractivity contribution >= 4 is 23.4 Å². The van der Waals surface area contributed by atoms with Crippen LogP contribution < -0.4 is 20.1 Å². The number of ether oxygens (including phenoxy) is 2. The van der Waals surface area contributed by atoms with E-state index in [4.69, 9.17) is 21.1 Å². The zero-order chi connectivity index (χ0) is 21.5. The number of benzene rings is 2. The van der Waals surface area contributed by atoms with Gasteiger partial charge in [0.25, 0.3) is 5.91 Å². The minimum atomic E-state index is -0.234. The second kappa shape index (κ2) is 10.3. The Morgan fingerprint density at radius 2 is 1.73 bits per heavy atom. The van der Waals surface area contributed by atoms with E-state index in [0.717, 1.165) is 17.7 Å². The Bertz CT molecular complexity index is 883. The summed E-state index contributed by atoms with van der Waals surface area (Å²) in [5.74, 6) is 1.26. The van der Waals surface area contributed by atoms with Crippen molar-refractivity contribution in [1.82, 2.24) is 10.6 Å². The second-order valence-electron chi connectivity index (χ2n) is 7.56. The lowest BCUT2D eigenvalue weighted by Crippen LogP contribution is -2.34. The molecule has 1 aliphatic rings. The molecule has 0 aliphatic carbocycles. The first-order valence-corrected chi connectivity index (χ1v) is 10.5. The number of carbonyl (C=O) groups is 2. The second-order valence-corrected chi connectivity index (χ2v) is 8.00. The van der Waals surface area contributed by atoms with Gasteiger partial charge in [-0.1, -0.05) is 31.5 Å². The first kappa shape index (κ1) is 22.0. The zero-order valence-electron chi connectivity index (χ0n) is 17.2. The van der Waals surface area contributed by atoms with E-state index in [2.05, 4.69) is 24.5 Å². The standard InChI is InChI=1S/C23H27ClN2O4/c1-15(2)22(17-6-9-19-20(14-17)30-13-3-12-29-19)26-21(27)10-11-25-23(28)16-4-7-18(24)8-5-16/h4-9,14-15,22H,3,10-13H2,1-2H3,(H,25,28)(H,26,27). The molecule has 7 heteroatoms. The van der Waals surface area contributed by atoms with Gasteiger partial charge < -0.3 is 20.1 Å². The fourth-order valence-corrected chi connectivity index (χ4v) is 3.37. The fraction of sp³-hybridized carbons (Fsp3) is 0.391. The van der Waals surface area contributed by atoms with E-state index in [9.17, 15) is 9.59 Å². The van der Waals surface area contributed by atoms with Crippen LogP contribution in [0, 0.1) is 5.92 Å². The normalized spacial score (nSPS) is 14.0. The van der Waals surface area contributed by atoms with Gasteiger partial charge in [0.15, 0.2) is 11.5 Å². The molecule has 30 heavy (non-hydrogen) atoms. The molecular formula is C23H27ClN2O4. The molecule has 2 aromatic rings. The van der Waals surface area contributed by atoms with Crippen molar-refractivity contribution < 1.29 is 19.1 Å². The Morgan fingerprint density at radius 1 is 1.03 bits per heavy atom. The van der Waals surface area contributed by atoms with E-state index in [0.29, 0.717) is 29.5 Å². The molecule has 1 aliphatic heterocycles. The zero-order valence-corrected chi connectivity index (χ0v) is 18.0. The summed E-state index contributed by atoms with van der Waals surface area (Å²) in [5.41, 5.74) is 1.47. The van der Waals surface area contributed by atoms with Gasteiger partial charge in [-0.25, -0.2) is 0 Å². The number of hydrogen-bond donors (Lipinski definition) is 2. The maximum Gasteiger partial charge on any atom is 0.251 e. The molecule has 0 bridgehead atoms. The van der Waals surface area contributed by atoms with Crippen molar-refractivity contribution in [3.05, 3.63) is 58.6 Å². The molecule has 6 nitrogen and oxygen atoms in total. The summed E-state index contributed by atoms with van der Waals surface area (Å²) in [6, 6.07) is 12.2. The van der Waals surface area contributed by atoms with Gasteiger partial charge in [0.2, 0.25) is 5.91 Å². The molecule has 0 saturated heterocycles. The van der Waals surface area contributed by atoms with Crippen molar-refractivity contribution in [3.8, 4) is 11.5 Å². The molecule has 3 rings (SSSR count). The molecule has 2 N–H and O–H groups in total. The lowest BCUT2D eigenvalue weighted by molar-refractivity contribution is -0.122. The van der Waals surface area contributed by atoms with Crippen LogP contribution in [0.15, 0.2) is 42.5 Å². The van der Waals surface area contributed by atoms with Crippen LogP contribution in [-0.4, -0.2) is 31.6 Å². The Morgan fingerprint density at radius 3 is 2.43 bits per heavy atom. The molecule has 1 atom stereocenters. The topological polar surface area (TPSA) is 76.7 Å². The third-order valence-corrected chi connectivity index (χ3v) is 5.11. The van der Waals surface area contributed by atoms with Crippen LogP contribution >= 0.6 is 11.6 Å². The van der Waals surface area contributed by atoms with E-state index in [1.165, 1.54) is 0 Å². The summed E-state index contributed by atoms with van der Waals surface area (Å²) in [4.78, 5) is 24.6. The van der Waals surface area contributed by atoms with Crippen LogP contribution in [-0.2, 0) is 4.79 Å². The van der Waals surface area contributed by atoms with Crippen molar-refractivity contribution in [2.45, 2.75) is 32.7 Å². The molecule has 0 aromatic heterocycles. The maximum absolute atomic E-state index is 12.5. The van der Waals surface area contributed by atoms with Crippen LogP contribution in [0.5, 0.6) is 11.5 Å². The summed E-state index contributed by atoms with van der Waals surface area (Å²) in [5, 5.41) is 6.40. The van der Waals surface area contributed by atoms with Gasteiger partial charge in [0.05, 0.1) is 19.3 Å². The SMILES string of the molecule is CC(C)C(NC(=O)CCNC(=O)c1ccc(Cl)cc1)c1ccc2c(c1)OCCCO2. The van der Waals surface area contributed by atoms with Gasteiger partial charge in [0, 0.05) is 30.0 Å². The maximum atomic E-state index is 12.5. The Hall–Kier alpha value is -2.73. The average Bonchev–Trinajstić information content (AvgIpc) is 2.97. The number of hydrogen-bond acceptors (Lipinski definition) is 4. The predicted molar refractivity (Wildman–Crippen MR) is 116 cm³/mol. The molecule has 2 amide bonds. The molecule has 0 radical (unpaired) electrons. The Balaban J connectivity index is 1.56. The molecule has 1 heterocycles. The van der Waals surface area contributed by atoms with Gasteiger partial charge in [-0.15, -0.1) is 0 Å². The van der Waals surface area contributed by atoms with Crippen LogP contribution in [0.2, 0.25) is 5.02 Å². The minimum absolute atomic E-state index is 0.128. The van der Waals surface area contributed by atoms with Gasteiger partial charge in [0.1, 0.15) is 0 Å². The summed E-state index contributed by atoms with van der Waals surface area (Å²) >= 11 is 5.83. The van der Waals surface area contributed by atoms with Crippen molar-refractivity contribution in [2.75, 3.05) is 19.8 Å². The van der Waals surface area contributed by atoms with Gasteiger partial charge >= 0.3 is 0 Å². The number of rotatable bonds is 7. The largest absolute Gasteiger partial charge is 0.490 e. The molecular weight excluding hydrogens is 404 g/mol. The molecule has 0 spiro atoms. The van der Waals surface area contributed by atoms with E-state index in [1.807, 2.05) is 18.2 Å². The number of nitrogens with one attached hydrogen (secondary N) is 2. The number of fused-ring (bicyclic) bond motifs is 1. The average molecular weight is 431 g/mol. The smallest absolute Gasteiger partial charge is 0.251 e. The molecule has 0 saturated carbocycles. The highest BCUT2D eigenvalue weighted by Crippen LogP contribution is 2.34. The number of amides is 2. The molecule has 1 unspecified atom stereocenters. The van der Waals surface area contributed by atoms with E-state index in [-0.39, 0.29) is 36.7 Å². The number of halogens is 1. The van der Waals surface area contributed by atoms with E-state index >= 15 is 0 Å². The molecule has 0 fully saturated rings. The monoisotopic (exact) mass is 430 g/mol. The Kier molecular flexibility index (Phi) is 7.57. The van der Waals surface area contributed by atoms with Crippen LogP contribution in [0.3, 0.4) is 0 Å². The highest BCUT2D eigenvalue weighted by molar-refractivity contribution is 6.30. The van der Waals surface area contributed by atoms with Crippen LogP contribution in [0.1, 0.15) is 48.7 Å². The summed E-state index contributed by atoms with van der Waals surface area (Å²) in [6.45, 7) is 5.60. The van der Waals surface area contributed by atoms with Crippen molar-refractivity contribution in [2.24, 2.45) is 5.92 Å². The third kappa shape index (κ3) is 5.89. The van der Waals surface area contributed by atoms with Gasteiger partial charge in [-0.2, -0.15) is 0 Å². The molecule has 160 valence electrons. The molecule has 2 aromatic carbocycles. The minimum Gasteiger partial charge on any atom is -0.490 e. The summed E-state index contributed by atoms with van der Waals surface area (Å²) in [7, 11) is 0. The van der Waals surface area contributed by atoms with E-state index < -0.39 is 0 Å². The highest BCUT2D eigenvalue weighted by Gasteiger charge is 2.21.